The highest BCUT2D eigenvalue weighted by Gasteiger charge is 2.36. The van der Waals surface area contributed by atoms with Gasteiger partial charge >= 0.3 is 0 Å². The first kappa shape index (κ1) is 12.6. The summed E-state index contributed by atoms with van der Waals surface area (Å²) in [6.07, 6.45) is 4.28. The topological polar surface area (TPSA) is 40.5 Å². The van der Waals surface area contributed by atoms with Crippen LogP contribution in [0.5, 0.6) is 0 Å². The van der Waals surface area contributed by atoms with Crippen molar-refractivity contribution in [1.82, 2.24) is 0 Å². The largest absolute Gasteiger partial charge is 0.389 e. The molecule has 1 fully saturated rings. The van der Waals surface area contributed by atoms with Crippen LogP contribution in [0, 0.1) is 5.82 Å². The highest BCUT2D eigenvalue weighted by molar-refractivity contribution is 5.96. The molecule has 0 aromatic heterocycles. The van der Waals surface area contributed by atoms with Crippen molar-refractivity contribution in [1.29, 1.82) is 0 Å². The van der Waals surface area contributed by atoms with Gasteiger partial charge in [0.05, 0.1) is 12.0 Å². The van der Waals surface area contributed by atoms with Crippen LogP contribution < -0.4 is 4.90 Å². The van der Waals surface area contributed by atoms with Gasteiger partial charge in [0.2, 0.25) is 5.91 Å². The predicted octanol–water partition coefficient (Wildman–Crippen LogP) is 2.41. The van der Waals surface area contributed by atoms with Crippen LogP contribution in [0.4, 0.5) is 10.1 Å². The molecule has 0 radical (unpaired) electrons. The Hall–Kier alpha value is -1.42. The van der Waals surface area contributed by atoms with Gasteiger partial charge in [-0.2, -0.15) is 0 Å². The number of carbonyl (C=O) groups excluding carboxylic acids is 1. The fourth-order valence-electron chi connectivity index (χ4n) is 3.20. The number of halogens is 1. The average Bonchev–Trinajstić information content (AvgIpc) is 2.95. The van der Waals surface area contributed by atoms with E-state index in [1.165, 1.54) is 12.1 Å². The maximum absolute atomic E-state index is 13.3. The zero-order chi connectivity index (χ0) is 13.5. The Morgan fingerprint density at radius 3 is 2.84 bits per heavy atom. The second-order valence-corrected chi connectivity index (χ2v) is 5.68. The van der Waals surface area contributed by atoms with Gasteiger partial charge in [0.1, 0.15) is 5.82 Å². The molecule has 0 atom stereocenters. The molecule has 0 unspecified atom stereocenters. The van der Waals surface area contributed by atoms with Gasteiger partial charge in [-0.05, 0) is 37.0 Å². The van der Waals surface area contributed by atoms with Gasteiger partial charge in [-0.3, -0.25) is 4.79 Å². The second-order valence-electron chi connectivity index (χ2n) is 5.68. The summed E-state index contributed by atoms with van der Waals surface area (Å²) in [4.78, 5) is 13.9. The van der Waals surface area contributed by atoms with Crippen molar-refractivity contribution in [3.8, 4) is 0 Å². The van der Waals surface area contributed by atoms with Crippen molar-refractivity contribution in [3.05, 3.63) is 29.6 Å². The lowest BCUT2D eigenvalue weighted by Crippen LogP contribution is -2.37. The van der Waals surface area contributed by atoms with E-state index in [0.29, 0.717) is 25.1 Å². The minimum absolute atomic E-state index is 0.0891. The first-order chi connectivity index (χ1) is 9.07. The van der Waals surface area contributed by atoms with E-state index in [4.69, 9.17) is 0 Å². The van der Waals surface area contributed by atoms with Gasteiger partial charge in [0.25, 0.3) is 0 Å². The zero-order valence-corrected chi connectivity index (χ0v) is 10.9. The Labute approximate surface area is 112 Å². The van der Waals surface area contributed by atoms with Crippen molar-refractivity contribution >= 4 is 11.6 Å². The lowest BCUT2D eigenvalue weighted by molar-refractivity contribution is -0.123. The fraction of sp³-hybridized carbons (Fsp3) is 0.533. The van der Waals surface area contributed by atoms with Crippen LogP contribution in [-0.2, 0) is 11.2 Å². The van der Waals surface area contributed by atoms with Crippen LogP contribution in [-0.4, -0.2) is 23.2 Å². The monoisotopic (exact) mass is 263 g/mol. The molecule has 1 aliphatic carbocycles. The van der Waals surface area contributed by atoms with Crippen LogP contribution in [0.15, 0.2) is 18.2 Å². The summed E-state index contributed by atoms with van der Waals surface area (Å²) in [5.41, 5.74) is 0.840. The number of fused-ring (bicyclic) bond motifs is 1. The van der Waals surface area contributed by atoms with Gasteiger partial charge in [-0.25, -0.2) is 4.39 Å². The minimum Gasteiger partial charge on any atom is -0.389 e. The van der Waals surface area contributed by atoms with E-state index in [0.717, 1.165) is 24.8 Å². The number of aliphatic hydroxyl groups is 1. The third-order valence-corrected chi connectivity index (χ3v) is 4.26. The number of anilines is 1. The SMILES string of the molecule is O=C(CC1(O)CCCC1)N1CCc2ccc(F)cc21. The highest BCUT2D eigenvalue weighted by atomic mass is 19.1. The molecule has 19 heavy (non-hydrogen) atoms. The number of benzene rings is 1. The van der Waals surface area contributed by atoms with E-state index >= 15 is 0 Å². The minimum atomic E-state index is -0.840. The van der Waals surface area contributed by atoms with Gasteiger partial charge in [-0.15, -0.1) is 0 Å². The Bertz CT molecular complexity index is 509. The van der Waals surface area contributed by atoms with Crippen molar-refractivity contribution < 1.29 is 14.3 Å². The van der Waals surface area contributed by atoms with Crippen LogP contribution in [0.2, 0.25) is 0 Å². The van der Waals surface area contributed by atoms with Crippen LogP contribution >= 0.6 is 0 Å². The third-order valence-electron chi connectivity index (χ3n) is 4.26. The lowest BCUT2D eigenvalue weighted by Gasteiger charge is -2.25. The van der Waals surface area contributed by atoms with Gasteiger partial charge < -0.3 is 10.0 Å². The summed E-state index contributed by atoms with van der Waals surface area (Å²) in [6.45, 7) is 0.591. The summed E-state index contributed by atoms with van der Waals surface area (Å²) in [6, 6.07) is 4.58. The summed E-state index contributed by atoms with van der Waals surface area (Å²) < 4.78 is 13.3. The molecule has 3 rings (SSSR count). The Balaban J connectivity index is 1.77. The number of hydrogen-bond donors (Lipinski definition) is 1. The number of rotatable bonds is 2. The van der Waals surface area contributed by atoms with E-state index in [9.17, 15) is 14.3 Å². The van der Waals surface area contributed by atoms with Crippen molar-refractivity contribution in [2.45, 2.75) is 44.1 Å². The Kier molecular flexibility index (Phi) is 3.05. The van der Waals surface area contributed by atoms with Gasteiger partial charge in [-0.1, -0.05) is 18.9 Å². The molecular weight excluding hydrogens is 245 g/mol. The molecule has 3 nitrogen and oxygen atoms in total. The predicted molar refractivity (Wildman–Crippen MR) is 70.5 cm³/mol. The van der Waals surface area contributed by atoms with E-state index in [1.54, 1.807) is 11.0 Å². The molecule has 1 aliphatic heterocycles. The third kappa shape index (κ3) is 2.37. The highest BCUT2D eigenvalue weighted by Crippen LogP contribution is 2.35. The van der Waals surface area contributed by atoms with Crippen LogP contribution in [0.25, 0.3) is 0 Å². The Morgan fingerprint density at radius 2 is 2.11 bits per heavy atom. The molecule has 0 bridgehead atoms. The Morgan fingerprint density at radius 1 is 1.37 bits per heavy atom. The average molecular weight is 263 g/mol. The quantitative estimate of drug-likeness (QED) is 0.890. The van der Waals surface area contributed by atoms with Gasteiger partial charge in [0.15, 0.2) is 0 Å². The van der Waals surface area contributed by atoms with E-state index in [-0.39, 0.29) is 18.1 Å². The van der Waals surface area contributed by atoms with Crippen molar-refractivity contribution in [3.63, 3.8) is 0 Å². The second kappa shape index (κ2) is 4.60. The molecule has 1 N–H and O–H groups in total. The first-order valence-corrected chi connectivity index (χ1v) is 6.89. The van der Waals surface area contributed by atoms with Crippen LogP contribution in [0.1, 0.15) is 37.7 Å². The summed E-state index contributed by atoms with van der Waals surface area (Å²) in [5.74, 6) is -0.410. The van der Waals surface area contributed by atoms with Crippen molar-refractivity contribution in [2.75, 3.05) is 11.4 Å². The molecule has 0 spiro atoms. The molecule has 4 heteroatoms. The molecule has 1 amide bonds. The zero-order valence-electron chi connectivity index (χ0n) is 10.9. The number of hydrogen-bond acceptors (Lipinski definition) is 2. The molecule has 1 heterocycles. The van der Waals surface area contributed by atoms with Crippen LogP contribution in [0.3, 0.4) is 0 Å². The fourth-order valence-corrected chi connectivity index (χ4v) is 3.20. The molecule has 1 saturated carbocycles. The number of amides is 1. The normalized spacial score (nSPS) is 20.6. The van der Waals surface area contributed by atoms with E-state index in [1.807, 2.05) is 0 Å². The smallest absolute Gasteiger partial charge is 0.229 e. The van der Waals surface area contributed by atoms with Crippen molar-refractivity contribution in [2.24, 2.45) is 0 Å². The number of nitrogens with zero attached hydrogens (tertiary/aromatic N) is 1. The molecular formula is C15H18FNO2. The summed E-state index contributed by atoms with van der Waals surface area (Å²) >= 11 is 0. The van der Waals surface area contributed by atoms with E-state index in [2.05, 4.69) is 0 Å². The molecule has 102 valence electrons. The lowest BCUT2D eigenvalue weighted by atomic mass is 9.97. The summed E-state index contributed by atoms with van der Waals surface area (Å²) in [7, 11) is 0. The molecule has 1 aromatic carbocycles. The molecule has 2 aliphatic rings. The maximum Gasteiger partial charge on any atom is 0.229 e. The standard InChI is InChI=1S/C15H18FNO2/c16-12-4-3-11-5-8-17(13(11)9-12)14(18)10-15(19)6-1-2-7-15/h3-4,9,19H,1-2,5-8,10H2. The molecule has 1 aromatic rings. The first-order valence-electron chi connectivity index (χ1n) is 6.89. The summed E-state index contributed by atoms with van der Waals surface area (Å²) in [5, 5.41) is 10.3. The number of carbonyl (C=O) groups is 1. The molecule has 0 saturated heterocycles. The maximum atomic E-state index is 13.3. The van der Waals surface area contributed by atoms with E-state index < -0.39 is 5.60 Å². The van der Waals surface area contributed by atoms with Gasteiger partial charge in [0, 0.05) is 12.2 Å².